The molecule has 0 unspecified atom stereocenters. The maximum atomic E-state index is 11.8. The Morgan fingerprint density at radius 2 is 1.00 bits per heavy atom. The molecule has 0 heterocycles. The van der Waals surface area contributed by atoms with Crippen LogP contribution in [0.1, 0.15) is 15.9 Å². The van der Waals surface area contributed by atoms with Gasteiger partial charge in [0.1, 0.15) is 0 Å². The number of benzene rings is 2. The summed E-state index contributed by atoms with van der Waals surface area (Å²) in [5, 5.41) is 0. The van der Waals surface area contributed by atoms with Gasteiger partial charge in [0.05, 0.1) is 0 Å². The SMILES string of the molecule is O=C(c1ccccc1)c1ccccc1.[Na]. The minimum atomic E-state index is 0. The Labute approximate surface area is 111 Å². The number of ketones is 1. The molecule has 0 aliphatic carbocycles. The van der Waals surface area contributed by atoms with Crippen LogP contribution in [0.2, 0.25) is 0 Å². The Bertz CT molecular complexity index is 381. The van der Waals surface area contributed by atoms with Gasteiger partial charge in [0.25, 0.3) is 0 Å². The molecule has 2 heteroatoms. The van der Waals surface area contributed by atoms with Gasteiger partial charge in [0, 0.05) is 40.7 Å². The van der Waals surface area contributed by atoms with E-state index >= 15 is 0 Å². The smallest absolute Gasteiger partial charge is 0.193 e. The molecule has 69 valence electrons. The summed E-state index contributed by atoms with van der Waals surface area (Å²) in [6, 6.07) is 18.6. The van der Waals surface area contributed by atoms with Crippen molar-refractivity contribution in [1.82, 2.24) is 0 Å². The molecule has 0 aromatic heterocycles. The van der Waals surface area contributed by atoms with Gasteiger partial charge in [-0.25, -0.2) is 0 Å². The minimum Gasteiger partial charge on any atom is -0.289 e. The van der Waals surface area contributed by atoms with Crippen LogP contribution < -0.4 is 0 Å². The number of hydrogen-bond donors (Lipinski definition) is 0. The average molecular weight is 205 g/mol. The molecule has 0 fully saturated rings. The molecule has 0 saturated carbocycles. The molecule has 2 aromatic carbocycles. The third kappa shape index (κ3) is 3.03. The van der Waals surface area contributed by atoms with Crippen LogP contribution in [0.15, 0.2) is 60.7 Å². The van der Waals surface area contributed by atoms with Gasteiger partial charge in [-0.15, -0.1) is 0 Å². The first-order chi connectivity index (χ1) is 6.88. The summed E-state index contributed by atoms with van der Waals surface area (Å²) in [6.07, 6.45) is 0. The second kappa shape index (κ2) is 5.86. The van der Waals surface area contributed by atoms with Crippen LogP contribution >= 0.6 is 0 Å². The summed E-state index contributed by atoms with van der Waals surface area (Å²) in [5.74, 6) is 0.0752. The molecule has 0 aliphatic rings. The van der Waals surface area contributed by atoms with Gasteiger partial charge < -0.3 is 0 Å². The Kier molecular flexibility index (Phi) is 4.76. The standard InChI is InChI=1S/C13H10O.Na/c14-13(11-7-3-1-4-8-11)12-9-5-2-6-10-12;/h1-10H;. The molecule has 1 radical (unpaired) electrons. The zero-order valence-corrected chi connectivity index (χ0v) is 10.7. The fourth-order valence-corrected chi connectivity index (χ4v) is 1.35. The summed E-state index contributed by atoms with van der Waals surface area (Å²) < 4.78 is 0. The molecular weight excluding hydrogens is 195 g/mol. The predicted octanol–water partition coefficient (Wildman–Crippen LogP) is 2.54. The van der Waals surface area contributed by atoms with E-state index in [1.165, 1.54) is 0 Å². The van der Waals surface area contributed by atoms with Crippen molar-refractivity contribution >= 4 is 35.3 Å². The van der Waals surface area contributed by atoms with Crippen molar-refractivity contribution in [1.29, 1.82) is 0 Å². The van der Waals surface area contributed by atoms with Gasteiger partial charge in [0.2, 0.25) is 0 Å². The number of hydrogen-bond acceptors (Lipinski definition) is 1. The van der Waals surface area contributed by atoms with Gasteiger partial charge in [-0.3, -0.25) is 4.79 Å². The quantitative estimate of drug-likeness (QED) is 0.544. The number of carbonyl (C=O) groups excluding carboxylic acids is 1. The van der Waals surface area contributed by atoms with E-state index in [9.17, 15) is 4.79 Å². The number of carbonyl (C=O) groups is 1. The Balaban J connectivity index is 0.00000112. The molecule has 15 heavy (non-hydrogen) atoms. The monoisotopic (exact) mass is 205 g/mol. The summed E-state index contributed by atoms with van der Waals surface area (Å²) in [4.78, 5) is 11.8. The van der Waals surface area contributed by atoms with E-state index in [1.54, 1.807) is 0 Å². The van der Waals surface area contributed by atoms with Crippen LogP contribution in [-0.4, -0.2) is 35.3 Å². The molecule has 0 aliphatic heterocycles. The predicted molar refractivity (Wildman–Crippen MR) is 62.1 cm³/mol. The van der Waals surface area contributed by atoms with E-state index < -0.39 is 0 Å². The molecule has 0 spiro atoms. The maximum Gasteiger partial charge on any atom is 0.193 e. The molecule has 2 rings (SSSR count). The third-order valence-corrected chi connectivity index (χ3v) is 2.07. The molecular formula is C13H10NaO. The first kappa shape index (κ1) is 12.2. The van der Waals surface area contributed by atoms with Crippen molar-refractivity contribution in [3.63, 3.8) is 0 Å². The van der Waals surface area contributed by atoms with E-state index in [-0.39, 0.29) is 35.3 Å². The molecule has 2 aromatic rings. The minimum absolute atomic E-state index is 0. The Hall–Kier alpha value is -0.890. The fourth-order valence-electron chi connectivity index (χ4n) is 1.35. The van der Waals surface area contributed by atoms with Gasteiger partial charge in [0.15, 0.2) is 5.78 Å². The number of rotatable bonds is 2. The maximum absolute atomic E-state index is 11.8. The van der Waals surface area contributed by atoms with E-state index in [4.69, 9.17) is 0 Å². The fraction of sp³-hybridized carbons (Fsp3) is 0. The van der Waals surface area contributed by atoms with Crippen molar-refractivity contribution in [2.45, 2.75) is 0 Å². The van der Waals surface area contributed by atoms with E-state index in [2.05, 4.69) is 0 Å². The second-order valence-corrected chi connectivity index (χ2v) is 3.06. The van der Waals surface area contributed by atoms with Crippen LogP contribution in [0.3, 0.4) is 0 Å². The molecule has 0 amide bonds. The van der Waals surface area contributed by atoms with Crippen molar-refractivity contribution in [3.05, 3.63) is 71.8 Å². The van der Waals surface area contributed by atoms with Crippen LogP contribution in [0.5, 0.6) is 0 Å². The van der Waals surface area contributed by atoms with Crippen LogP contribution in [0.4, 0.5) is 0 Å². The van der Waals surface area contributed by atoms with Crippen molar-refractivity contribution in [3.8, 4) is 0 Å². The average Bonchev–Trinajstić information content (AvgIpc) is 2.30. The first-order valence-electron chi connectivity index (χ1n) is 4.53. The van der Waals surface area contributed by atoms with E-state index in [0.29, 0.717) is 0 Å². The first-order valence-corrected chi connectivity index (χ1v) is 4.53. The Morgan fingerprint density at radius 3 is 1.33 bits per heavy atom. The summed E-state index contributed by atoms with van der Waals surface area (Å²) >= 11 is 0. The normalized spacial score (nSPS) is 9.07. The van der Waals surface area contributed by atoms with Crippen molar-refractivity contribution < 1.29 is 4.79 Å². The van der Waals surface area contributed by atoms with Gasteiger partial charge in [-0.1, -0.05) is 60.7 Å². The van der Waals surface area contributed by atoms with Crippen LogP contribution in [0.25, 0.3) is 0 Å². The molecule has 0 saturated heterocycles. The summed E-state index contributed by atoms with van der Waals surface area (Å²) in [7, 11) is 0. The topological polar surface area (TPSA) is 17.1 Å². The molecule has 1 nitrogen and oxygen atoms in total. The molecule has 0 atom stereocenters. The van der Waals surface area contributed by atoms with Crippen LogP contribution in [-0.2, 0) is 0 Å². The van der Waals surface area contributed by atoms with Crippen LogP contribution in [0, 0.1) is 0 Å². The zero-order valence-electron chi connectivity index (χ0n) is 8.68. The van der Waals surface area contributed by atoms with Crippen molar-refractivity contribution in [2.75, 3.05) is 0 Å². The molecule has 0 N–H and O–H groups in total. The summed E-state index contributed by atoms with van der Waals surface area (Å²) in [5.41, 5.74) is 1.47. The van der Waals surface area contributed by atoms with E-state index in [0.717, 1.165) is 11.1 Å². The molecule has 0 bridgehead atoms. The van der Waals surface area contributed by atoms with E-state index in [1.807, 2.05) is 60.7 Å². The van der Waals surface area contributed by atoms with Crippen molar-refractivity contribution in [2.24, 2.45) is 0 Å². The summed E-state index contributed by atoms with van der Waals surface area (Å²) in [6.45, 7) is 0. The zero-order chi connectivity index (χ0) is 9.80. The third-order valence-electron chi connectivity index (χ3n) is 2.07. The Morgan fingerprint density at radius 1 is 0.667 bits per heavy atom. The van der Waals surface area contributed by atoms with Gasteiger partial charge in [-0.2, -0.15) is 0 Å². The largest absolute Gasteiger partial charge is 0.289 e. The van der Waals surface area contributed by atoms with Gasteiger partial charge in [-0.05, 0) is 0 Å². The van der Waals surface area contributed by atoms with Gasteiger partial charge >= 0.3 is 0 Å². The second-order valence-electron chi connectivity index (χ2n) is 3.06.